The highest BCUT2D eigenvalue weighted by Gasteiger charge is 2.28. The van der Waals surface area contributed by atoms with Crippen LogP contribution in [0.15, 0.2) is 96.1 Å². The number of pyridine rings is 2. The molecule has 2 atom stereocenters. The summed E-state index contributed by atoms with van der Waals surface area (Å²) < 4.78 is 6.85. The number of anilines is 4. The number of halogens is 4. The van der Waals surface area contributed by atoms with Crippen molar-refractivity contribution in [3.8, 4) is 11.4 Å². The van der Waals surface area contributed by atoms with Gasteiger partial charge in [-0.3, -0.25) is 28.1 Å². The first-order valence-electron chi connectivity index (χ1n) is 22.7. The monoisotopic (exact) mass is 1000 g/mol. The molecule has 0 bridgehead atoms. The number of hydrogen-bond acceptors (Lipinski definition) is 12. The molecular weight excluding hydrogens is 958 g/mol. The van der Waals surface area contributed by atoms with E-state index in [0.29, 0.717) is 101 Å². The van der Waals surface area contributed by atoms with Crippen molar-refractivity contribution >= 4 is 97.1 Å². The van der Waals surface area contributed by atoms with Crippen LogP contribution in [0.2, 0.25) is 20.1 Å². The van der Waals surface area contributed by atoms with E-state index in [4.69, 9.17) is 61.5 Å². The van der Waals surface area contributed by atoms with E-state index < -0.39 is 0 Å². The molecule has 20 heteroatoms. The van der Waals surface area contributed by atoms with Crippen LogP contribution >= 0.6 is 46.4 Å². The lowest BCUT2D eigenvalue weighted by molar-refractivity contribution is 0.212. The van der Waals surface area contributed by atoms with Crippen LogP contribution in [0, 0.1) is 0 Å². The van der Waals surface area contributed by atoms with Gasteiger partial charge >= 0.3 is 0 Å². The second kappa shape index (κ2) is 19.0. The normalized spacial score (nSPS) is 17.0. The van der Waals surface area contributed by atoms with Gasteiger partial charge in [0.05, 0.1) is 89.1 Å². The van der Waals surface area contributed by atoms with Crippen molar-refractivity contribution in [2.45, 2.75) is 70.5 Å². The molecule has 0 aliphatic carbocycles. The van der Waals surface area contributed by atoms with E-state index in [1.165, 1.54) is 21.5 Å². The first-order chi connectivity index (χ1) is 33.2. The molecule has 10 rings (SSSR count). The van der Waals surface area contributed by atoms with Gasteiger partial charge in [0.2, 0.25) is 11.9 Å². The molecule has 0 saturated carbocycles. The Kier molecular flexibility index (Phi) is 12.8. The molecular formula is C49H48Cl4N14O2. The Morgan fingerprint density at radius 3 is 1.88 bits per heavy atom. The van der Waals surface area contributed by atoms with Crippen LogP contribution in [-0.4, -0.2) is 80.2 Å². The molecule has 0 amide bonds. The first-order valence-corrected chi connectivity index (χ1v) is 24.2. The molecule has 2 unspecified atom stereocenters. The van der Waals surface area contributed by atoms with E-state index in [-0.39, 0.29) is 29.1 Å². The van der Waals surface area contributed by atoms with Crippen molar-refractivity contribution in [1.82, 2.24) is 58.8 Å². The van der Waals surface area contributed by atoms with Crippen molar-refractivity contribution < 1.29 is 0 Å². The Labute approximate surface area is 416 Å². The van der Waals surface area contributed by atoms with E-state index in [1.807, 2.05) is 54.7 Å². The maximum Gasteiger partial charge on any atom is 0.266 e. The van der Waals surface area contributed by atoms with Gasteiger partial charge in [0.25, 0.3) is 11.1 Å². The van der Waals surface area contributed by atoms with E-state index in [2.05, 4.69) is 49.5 Å². The molecule has 3 N–H and O–H groups in total. The molecule has 2 aliphatic heterocycles. The Morgan fingerprint density at radius 2 is 1.29 bits per heavy atom. The third-order valence-electron chi connectivity index (χ3n) is 13.0. The number of nitrogens with zero attached hydrogens (tertiary/aromatic N) is 11. The summed E-state index contributed by atoms with van der Waals surface area (Å²) in [6.07, 6.45) is 17.4. The molecule has 0 radical (unpaired) electrons. The predicted octanol–water partition coefficient (Wildman–Crippen LogP) is 10.5. The smallest absolute Gasteiger partial charge is 0.266 e. The zero-order chi connectivity index (χ0) is 48.2. The number of hydrogen-bond donors (Lipinski definition) is 3. The number of benzene rings is 2. The quantitative estimate of drug-likeness (QED) is 0.112. The largest absolute Gasteiger partial charge is 0.321 e. The van der Waals surface area contributed by atoms with Crippen molar-refractivity contribution in [3.63, 3.8) is 0 Å². The van der Waals surface area contributed by atoms with Gasteiger partial charge in [-0.05, 0) is 106 Å². The van der Waals surface area contributed by atoms with Gasteiger partial charge in [0.1, 0.15) is 0 Å². The summed E-state index contributed by atoms with van der Waals surface area (Å²) in [5, 5.41) is 21.4. The fourth-order valence-electron chi connectivity index (χ4n) is 9.31. The minimum atomic E-state index is -0.372. The fourth-order valence-corrected chi connectivity index (χ4v) is 10.6. The molecule has 2 fully saturated rings. The molecule has 6 aromatic heterocycles. The van der Waals surface area contributed by atoms with Crippen molar-refractivity contribution in [3.05, 3.63) is 144 Å². The molecule has 354 valence electrons. The maximum absolute atomic E-state index is 14.2. The average Bonchev–Trinajstić information content (AvgIpc) is 4.00. The summed E-state index contributed by atoms with van der Waals surface area (Å²) in [6, 6.07) is 9.07. The highest BCUT2D eigenvalue weighted by molar-refractivity contribution is 6.38. The van der Waals surface area contributed by atoms with Crippen LogP contribution in [0.25, 0.3) is 38.8 Å². The second-order valence-electron chi connectivity index (χ2n) is 18.1. The van der Waals surface area contributed by atoms with Crippen LogP contribution in [0.4, 0.5) is 23.3 Å². The number of likely N-dealkylation sites (tertiary alicyclic amines) is 1. The van der Waals surface area contributed by atoms with Gasteiger partial charge in [0, 0.05) is 48.8 Å². The Balaban J connectivity index is 0.864. The summed E-state index contributed by atoms with van der Waals surface area (Å²) in [5.74, 6) is 0.670. The number of aromatic nitrogens is 10. The van der Waals surface area contributed by atoms with Crippen molar-refractivity contribution in [2.24, 2.45) is 0 Å². The molecule has 8 aromatic rings. The number of rotatable bonds is 11. The van der Waals surface area contributed by atoms with Gasteiger partial charge in [0.15, 0.2) is 0 Å². The topological polar surface area (TPSA) is 171 Å². The number of nitrogens with one attached hydrogen (secondary N) is 3. The minimum absolute atomic E-state index is 0.0142. The first kappa shape index (κ1) is 46.6. The van der Waals surface area contributed by atoms with Gasteiger partial charge in [-0.2, -0.15) is 10.2 Å². The SMILES string of the molecule is C=C(C)c1cn(-c2c(Cl)cc(C3CC(n4cc(Nc5ncc6c(=O)n(-c7c(Cl)cccc7Cl)cc(C(C)C)c6n5)cn4)CCN3)cc2Cl)c(=O)c2cnc(Nc3cnn(C4CCN(C)CC4)c3)nc12. The lowest BCUT2D eigenvalue weighted by atomic mass is 9.93. The zero-order valence-electron chi connectivity index (χ0n) is 38.2. The molecule has 69 heavy (non-hydrogen) atoms. The molecule has 0 spiro atoms. The highest BCUT2D eigenvalue weighted by atomic mass is 35.5. The van der Waals surface area contributed by atoms with Gasteiger partial charge in [-0.1, -0.05) is 72.9 Å². The Bertz CT molecular complexity index is 3380. The number of piperidine rings is 2. The van der Waals surface area contributed by atoms with Gasteiger partial charge < -0.3 is 20.9 Å². The molecule has 16 nitrogen and oxygen atoms in total. The molecule has 2 aliphatic rings. The summed E-state index contributed by atoms with van der Waals surface area (Å²) in [5.41, 5.74) is 5.54. The van der Waals surface area contributed by atoms with Gasteiger partial charge in [-0.15, -0.1) is 0 Å². The van der Waals surface area contributed by atoms with Crippen LogP contribution in [0.5, 0.6) is 0 Å². The predicted molar refractivity (Wildman–Crippen MR) is 275 cm³/mol. The fraction of sp³-hybridized carbons (Fsp3) is 0.306. The van der Waals surface area contributed by atoms with E-state index in [1.54, 1.807) is 43.0 Å². The average molecular weight is 1010 g/mol. The summed E-state index contributed by atoms with van der Waals surface area (Å²) in [4.78, 5) is 48.9. The maximum atomic E-state index is 14.2. The number of para-hydroxylation sites is 1. The molecule has 8 heterocycles. The van der Waals surface area contributed by atoms with Crippen LogP contribution < -0.4 is 27.1 Å². The minimum Gasteiger partial charge on any atom is -0.321 e. The van der Waals surface area contributed by atoms with Crippen molar-refractivity contribution in [1.29, 1.82) is 0 Å². The third-order valence-corrected chi connectivity index (χ3v) is 14.2. The third kappa shape index (κ3) is 9.12. The molecule has 2 aromatic carbocycles. The number of allylic oxidation sites excluding steroid dienone is 1. The van der Waals surface area contributed by atoms with E-state index >= 15 is 0 Å². The summed E-state index contributed by atoms with van der Waals surface area (Å²) >= 11 is 27.2. The standard InChI is InChI=1S/C49H48Cl4N14O2/c1-26(2)35-24-64(44-37(50)7-6-8-38(44)51)46(68)33-20-55-49(61-42(33)35)60-30-19-58-67(23-30)32-9-12-54-41(17-32)28-15-39(52)45(40(53)16-28)65-25-36(27(3)4)43-34(47(65)69)21-56-48(62-43)59-29-18-57-66(22-29)31-10-13-63(5)14-11-31/h6-8,15-16,18-26,31-32,41,54H,3,9-14,17H2,1-2,4-5H3,(H,55,60,61)(H,56,59,62). The van der Waals surface area contributed by atoms with E-state index in [0.717, 1.165) is 49.2 Å². The van der Waals surface area contributed by atoms with Crippen LogP contribution in [-0.2, 0) is 0 Å². The van der Waals surface area contributed by atoms with Gasteiger partial charge in [-0.25, -0.2) is 19.9 Å². The lowest BCUT2D eigenvalue weighted by Gasteiger charge is -2.31. The zero-order valence-corrected chi connectivity index (χ0v) is 41.2. The Morgan fingerprint density at radius 1 is 0.739 bits per heavy atom. The summed E-state index contributed by atoms with van der Waals surface area (Å²) in [7, 11) is 2.14. The highest BCUT2D eigenvalue weighted by Crippen LogP contribution is 2.38. The van der Waals surface area contributed by atoms with Crippen LogP contribution in [0.3, 0.4) is 0 Å². The second-order valence-corrected chi connectivity index (χ2v) is 19.7. The number of fused-ring (bicyclic) bond motifs is 2. The molecule has 2 saturated heterocycles. The Hall–Kier alpha value is -6.14. The lowest BCUT2D eigenvalue weighted by Crippen LogP contribution is -2.33. The van der Waals surface area contributed by atoms with E-state index in [9.17, 15) is 9.59 Å². The van der Waals surface area contributed by atoms with Crippen LogP contribution in [0.1, 0.15) is 87.2 Å². The summed E-state index contributed by atoms with van der Waals surface area (Å²) in [6.45, 7) is 12.9. The van der Waals surface area contributed by atoms with Crippen molar-refractivity contribution in [2.75, 3.05) is 37.3 Å².